The second-order valence-electron chi connectivity index (χ2n) is 8.60. The van der Waals surface area contributed by atoms with E-state index in [1.54, 1.807) is 25.5 Å². The van der Waals surface area contributed by atoms with Crippen LogP contribution in [0, 0.1) is 12.7 Å². The van der Waals surface area contributed by atoms with Crippen molar-refractivity contribution in [3.63, 3.8) is 0 Å². The number of hydrogen-bond acceptors (Lipinski definition) is 3. The van der Waals surface area contributed by atoms with Gasteiger partial charge in [-0.1, -0.05) is 17.7 Å². The summed E-state index contributed by atoms with van der Waals surface area (Å²) in [5, 5.41) is 1.12. The Labute approximate surface area is 213 Å². The normalized spacial score (nSPS) is 12.6. The highest BCUT2D eigenvalue weighted by Crippen LogP contribution is 2.33. The Hall–Kier alpha value is -3.31. The molecule has 186 valence electrons. The third-order valence-electron chi connectivity index (χ3n) is 6.29. The van der Waals surface area contributed by atoms with Crippen molar-refractivity contribution >= 4 is 44.8 Å². The van der Waals surface area contributed by atoms with E-state index in [0.29, 0.717) is 23.5 Å². The molecule has 3 N–H and O–H groups in total. The minimum atomic E-state index is -2.13. The predicted octanol–water partition coefficient (Wildman–Crippen LogP) is 4.30. The Morgan fingerprint density at radius 1 is 1.22 bits per heavy atom. The molecular formula is C25H23ClFN5O3S. The van der Waals surface area contributed by atoms with E-state index >= 15 is 0 Å². The van der Waals surface area contributed by atoms with Gasteiger partial charge >= 0.3 is 0 Å². The second-order valence-corrected chi connectivity index (χ2v) is 9.80. The van der Waals surface area contributed by atoms with Crippen molar-refractivity contribution < 1.29 is 13.2 Å². The first-order valence-corrected chi connectivity index (χ1v) is 12.7. The van der Waals surface area contributed by atoms with Crippen LogP contribution in [0.3, 0.4) is 0 Å². The van der Waals surface area contributed by atoms with Gasteiger partial charge in [-0.05, 0) is 60.4 Å². The van der Waals surface area contributed by atoms with Crippen molar-refractivity contribution in [2.24, 2.45) is 7.05 Å². The van der Waals surface area contributed by atoms with E-state index in [0.717, 1.165) is 44.5 Å². The first-order valence-electron chi connectivity index (χ1n) is 11.2. The van der Waals surface area contributed by atoms with E-state index < -0.39 is 17.1 Å². The zero-order chi connectivity index (χ0) is 25.6. The van der Waals surface area contributed by atoms with Gasteiger partial charge in [0, 0.05) is 42.0 Å². The van der Waals surface area contributed by atoms with Gasteiger partial charge in [-0.15, -0.1) is 0 Å². The highest BCUT2D eigenvalue weighted by atomic mass is 35.5. The Morgan fingerprint density at radius 2 is 2.03 bits per heavy atom. The number of fused-ring (bicyclic) bond motifs is 2. The molecule has 3 heterocycles. The molecule has 0 amide bonds. The van der Waals surface area contributed by atoms with E-state index in [9.17, 15) is 13.4 Å². The number of nitrogens with one attached hydrogen (secondary N) is 2. The number of aryl methyl sites for hydroxylation is 2. The number of H-pyrrole nitrogens is 1. The molecule has 11 heteroatoms. The molecule has 8 nitrogen and oxygen atoms in total. The minimum Gasteiger partial charge on any atom is -0.357 e. The molecule has 36 heavy (non-hydrogen) atoms. The number of benzene rings is 2. The molecule has 0 aliphatic heterocycles. The SMILES string of the molecule is Cc1nc2c(CCNS(=O)O)cc(-c3cn(C)c(=O)c4[nH]ccc34)cc2n1Cc1ccc(F)cc1Cl. The van der Waals surface area contributed by atoms with Crippen molar-refractivity contribution in [2.45, 2.75) is 19.9 Å². The molecule has 2 aromatic carbocycles. The molecule has 0 radical (unpaired) electrons. The highest BCUT2D eigenvalue weighted by Gasteiger charge is 2.18. The van der Waals surface area contributed by atoms with Gasteiger partial charge in [-0.25, -0.2) is 18.3 Å². The summed E-state index contributed by atoms with van der Waals surface area (Å²) in [6.45, 7) is 2.54. The lowest BCUT2D eigenvalue weighted by Gasteiger charge is -2.13. The summed E-state index contributed by atoms with van der Waals surface area (Å²) in [6.07, 6.45) is 3.99. The van der Waals surface area contributed by atoms with Gasteiger partial charge in [0.1, 0.15) is 17.2 Å². The minimum absolute atomic E-state index is 0.124. The number of imidazole rings is 1. The molecule has 0 spiro atoms. The maximum Gasteiger partial charge on any atom is 0.274 e. The monoisotopic (exact) mass is 527 g/mol. The molecule has 1 atom stereocenters. The number of aromatic amines is 1. The Bertz CT molecular complexity index is 1710. The van der Waals surface area contributed by atoms with Crippen LogP contribution in [0.4, 0.5) is 4.39 Å². The third kappa shape index (κ3) is 4.48. The van der Waals surface area contributed by atoms with Gasteiger partial charge in [0.25, 0.3) is 5.56 Å². The molecule has 3 aromatic heterocycles. The lowest BCUT2D eigenvalue weighted by atomic mass is 9.99. The van der Waals surface area contributed by atoms with Gasteiger partial charge in [-0.2, -0.15) is 0 Å². The smallest absolute Gasteiger partial charge is 0.274 e. The number of nitrogens with zero attached hydrogens (tertiary/aromatic N) is 3. The summed E-state index contributed by atoms with van der Waals surface area (Å²) in [4.78, 5) is 20.4. The van der Waals surface area contributed by atoms with Crippen molar-refractivity contribution in [3.8, 4) is 11.1 Å². The Morgan fingerprint density at radius 3 is 2.78 bits per heavy atom. The fraction of sp³-hybridized carbons (Fsp3) is 0.200. The van der Waals surface area contributed by atoms with Crippen LogP contribution in [0.5, 0.6) is 0 Å². The molecule has 0 saturated carbocycles. The molecule has 0 aliphatic carbocycles. The van der Waals surface area contributed by atoms with Gasteiger partial charge in [0.2, 0.25) is 11.3 Å². The summed E-state index contributed by atoms with van der Waals surface area (Å²) < 4.78 is 40.0. The van der Waals surface area contributed by atoms with E-state index in [4.69, 9.17) is 21.1 Å². The zero-order valence-electron chi connectivity index (χ0n) is 19.5. The number of pyridine rings is 1. The highest BCUT2D eigenvalue weighted by molar-refractivity contribution is 7.77. The van der Waals surface area contributed by atoms with Crippen LogP contribution < -0.4 is 10.3 Å². The fourth-order valence-corrected chi connectivity index (χ4v) is 5.05. The molecule has 0 bridgehead atoms. The van der Waals surface area contributed by atoms with Crippen molar-refractivity contribution in [1.82, 2.24) is 23.8 Å². The third-order valence-corrected chi connectivity index (χ3v) is 7.10. The van der Waals surface area contributed by atoms with Crippen LogP contribution in [-0.4, -0.2) is 34.4 Å². The van der Waals surface area contributed by atoms with Crippen molar-refractivity contribution in [3.05, 3.63) is 86.9 Å². The van der Waals surface area contributed by atoms with Crippen LogP contribution in [0.15, 0.2) is 53.6 Å². The molecule has 0 aliphatic rings. The molecule has 5 rings (SSSR count). The molecule has 1 unspecified atom stereocenters. The first-order chi connectivity index (χ1) is 17.2. The van der Waals surface area contributed by atoms with Crippen LogP contribution >= 0.6 is 11.6 Å². The van der Waals surface area contributed by atoms with Crippen LogP contribution in [-0.2, 0) is 31.3 Å². The maximum absolute atomic E-state index is 13.6. The summed E-state index contributed by atoms with van der Waals surface area (Å²) in [6, 6.07) is 10.2. The molecule has 0 saturated heterocycles. The van der Waals surface area contributed by atoms with Gasteiger partial charge in [0.05, 0.1) is 17.6 Å². The lowest BCUT2D eigenvalue weighted by Crippen LogP contribution is -2.19. The summed E-state index contributed by atoms with van der Waals surface area (Å²) in [7, 11) is 1.71. The van der Waals surface area contributed by atoms with Crippen LogP contribution in [0.25, 0.3) is 33.1 Å². The fourth-order valence-electron chi connectivity index (χ4n) is 4.55. The van der Waals surface area contributed by atoms with Crippen molar-refractivity contribution in [2.75, 3.05) is 6.54 Å². The Balaban J connectivity index is 1.72. The molecular weight excluding hydrogens is 505 g/mol. The van der Waals surface area contributed by atoms with E-state index in [1.807, 2.05) is 29.7 Å². The van der Waals surface area contributed by atoms with E-state index in [-0.39, 0.29) is 12.1 Å². The standard InChI is InChI=1S/C25H23ClFN5O3S/c1-14-30-23-15(5-8-29-36(34)35)9-17(20-13-31(2)25(33)24-19(20)6-7-28-24)10-22(23)32(14)12-16-3-4-18(27)11-21(16)26/h3-4,6-7,9-11,13,28-29H,5,8,12H2,1-2H3,(H,34,35). The first kappa shape index (κ1) is 24.4. The largest absolute Gasteiger partial charge is 0.357 e. The quantitative estimate of drug-likeness (QED) is 0.274. The van der Waals surface area contributed by atoms with E-state index in [2.05, 4.69) is 9.71 Å². The molecule has 5 aromatic rings. The van der Waals surface area contributed by atoms with Gasteiger partial charge < -0.3 is 14.1 Å². The van der Waals surface area contributed by atoms with Crippen LogP contribution in [0.1, 0.15) is 17.0 Å². The summed E-state index contributed by atoms with van der Waals surface area (Å²) in [5.41, 5.74) is 5.34. The van der Waals surface area contributed by atoms with Gasteiger partial charge in [0.15, 0.2) is 0 Å². The lowest BCUT2D eigenvalue weighted by molar-refractivity contribution is 0.549. The number of aromatic nitrogens is 4. The van der Waals surface area contributed by atoms with Crippen molar-refractivity contribution in [1.29, 1.82) is 0 Å². The number of halogens is 2. The zero-order valence-corrected chi connectivity index (χ0v) is 21.1. The summed E-state index contributed by atoms with van der Waals surface area (Å²) >= 11 is 4.19. The Kier molecular flexibility index (Phi) is 6.52. The second kappa shape index (κ2) is 9.62. The van der Waals surface area contributed by atoms with Gasteiger partial charge in [-0.3, -0.25) is 9.35 Å². The maximum atomic E-state index is 13.6. The molecule has 0 fully saturated rings. The number of rotatable bonds is 7. The van der Waals surface area contributed by atoms with E-state index in [1.165, 1.54) is 16.7 Å². The predicted molar refractivity (Wildman–Crippen MR) is 140 cm³/mol. The average molecular weight is 528 g/mol. The topological polar surface area (TPSA) is 105 Å². The average Bonchev–Trinajstić information content (AvgIpc) is 3.43. The summed E-state index contributed by atoms with van der Waals surface area (Å²) in [5.74, 6) is 0.342. The number of hydrogen-bond donors (Lipinski definition) is 3. The van der Waals surface area contributed by atoms with Crippen LogP contribution in [0.2, 0.25) is 5.02 Å².